The Bertz CT molecular complexity index is 2820. The van der Waals surface area contributed by atoms with Crippen molar-refractivity contribution in [1.82, 2.24) is 35.4 Å². The Labute approximate surface area is 457 Å². The van der Waals surface area contributed by atoms with Crippen LogP contribution in [0, 0.1) is 23.2 Å². The third-order valence-electron chi connectivity index (χ3n) is 16.3. The minimum absolute atomic E-state index is 0.00879. The summed E-state index contributed by atoms with van der Waals surface area (Å²) in [5.41, 5.74) is 8.16. The lowest BCUT2D eigenvalue weighted by Crippen LogP contribution is -2.59. The number of carbonyl (C=O) groups is 5. The number of hydrogen-bond donors (Lipinski definition) is 4. The Kier molecular flexibility index (Phi) is 16.1. The summed E-state index contributed by atoms with van der Waals surface area (Å²) >= 11 is 9.79. The Morgan fingerprint density at radius 2 is 1.74 bits per heavy atom. The van der Waals surface area contributed by atoms with Crippen LogP contribution in [0.3, 0.4) is 0 Å². The van der Waals surface area contributed by atoms with Gasteiger partial charge in [-0.1, -0.05) is 69.3 Å². The highest BCUT2D eigenvalue weighted by Crippen LogP contribution is 2.51. The number of rotatable bonds is 16. The minimum atomic E-state index is -1.99. The van der Waals surface area contributed by atoms with Crippen molar-refractivity contribution in [3.8, 4) is 16.2 Å². The second-order valence-corrected chi connectivity index (χ2v) is 25.3. The Morgan fingerprint density at radius 3 is 2.37 bits per heavy atom. The molecule has 5 heterocycles. The van der Waals surface area contributed by atoms with E-state index < -0.39 is 47.0 Å². The summed E-state index contributed by atoms with van der Waals surface area (Å²) in [6.07, 6.45) is 7.42. The van der Waals surface area contributed by atoms with E-state index in [-0.39, 0.29) is 67.5 Å². The van der Waals surface area contributed by atoms with Crippen LogP contribution < -0.4 is 30.9 Å². The van der Waals surface area contributed by atoms with Gasteiger partial charge in [0.1, 0.15) is 35.1 Å². The highest BCUT2D eigenvalue weighted by Gasteiger charge is 2.54. The lowest BCUT2D eigenvalue weighted by Gasteiger charge is -2.51. The normalized spacial score (nSPS) is 21.2. The molecule has 5 aliphatic rings. The number of ether oxygens (including phenoxy) is 1. The first-order valence-electron chi connectivity index (χ1n) is 26.3. The van der Waals surface area contributed by atoms with Crippen molar-refractivity contribution in [2.45, 2.75) is 145 Å². The fourth-order valence-corrected chi connectivity index (χ4v) is 12.8. The molecule has 3 aliphatic heterocycles. The van der Waals surface area contributed by atoms with Gasteiger partial charge < -0.3 is 45.8 Å². The molecule has 5 N–H and O–H groups in total. The van der Waals surface area contributed by atoms with Crippen molar-refractivity contribution >= 4 is 75.7 Å². The predicted octanol–water partition coefficient (Wildman–Crippen LogP) is 7.09. The quantitative estimate of drug-likeness (QED) is 0.0826. The molecule has 3 atom stereocenters. The summed E-state index contributed by atoms with van der Waals surface area (Å²) in [4.78, 5) is 90.2. The molecule has 0 unspecified atom stereocenters. The lowest BCUT2D eigenvalue weighted by molar-refractivity contribution is -0.145. The summed E-state index contributed by atoms with van der Waals surface area (Å²) in [5.74, 6) is -1.03. The second kappa shape index (κ2) is 22.1. The number of alkyl halides is 1. The lowest BCUT2D eigenvalue weighted by atomic mass is 9.61. The zero-order chi connectivity index (χ0) is 54.3. The van der Waals surface area contributed by atoms with Gasteiger partial charge in [0.25, 0.3) is 5.91 Å². The summed E-state index contributed by atoms with van der Waals surface area (Å²) in [7, 11) is 1.63. The number of aliphatic hydroxyl groups is 1. The molecule has 0 radical (unpaired) electrons. The van der Waals surface area contributed by atoms with Gasteiger partial charge in [-0.15, -0.1) is 11.3 Å². The van der Waals surface area contributed by atoms with Crippen molar-refractivity contribution in [2.75, 3.05) is 56.1 Å². The average Bonchev–Trinajstić information content (AvgIpc) is 3.79. The summed E-state index contributed by atoms with van der Waals surface area (Å²) < 4.78 is 21.5. The second-order valence-electron chi connectivity index (χ2n) is 23.0. The maximum Gasteiger partial charge on any atom is 0.258 e. The number of hydrogen-bond acceptors (Lipinski definition) is 14. The standard InChI is InChI=1S/C55H70ClFN10O7S2/c1-33-47(75-32-62-33)34-10-11-35(27-61-49(71)39-23-36(68)30-67(39)50(72)48(52(2,3)4)63-51(73)55(57)12-13-55)40(22-34)74-37-25-54(26-37)16-20-66(21-17-54)45(70)24-44(69)64(6)38-8-7-9-41(46(38)56)76-43-29-59-42(28-60-43)65-18-14-53(5,31-58)15-19-65/h7-11,22,28-29,32,36-37,39,48,68H,12-21,23-27,30-31,58H2,1-6H3,(H,61,71)(H,63,73)/t36-,39+,48-/m1/s1. The number of piperidine rings is 2. The monoisotopic (exact) mass is 1100 g/mol. The van der Waals surface area contributed by atoms with E-state index in [0.29, 0.717) is 46.0 Å². The first-order chi connectivity index (χ1) is 36.1. The van der Waals surface area contributed by atoms with Crippen LogP contribution >= 0.6 is 34.7 Å². The number of β-amino-alcohol motifs (C(OH)–C–C–N with tert-alkyl or cyclic N) is 1. The molecule has 17 nitrogen and oxygen atoms in total. The van der Waals surface area contributed by atoms with Gasteiger partial charge in [0.15, 0.2) is 5.67 Å². The van der Waals surface area contributed by atoms with Crippen molar-refractivity contribution < 1.29 is 38.2 Å². The summed E-state index contributed by atoms with van der Waals surface area (Å²) in [6, 6.07) is 9.18. The number of amides is 5. The molecule has 1 spiro atoms. The van der Waals surface area contributed by atoms with Crippen LogP contribution in [0.5, 0.6) is 5.75 Å². The summed E-state index contributed by atoms with van der Waals surface area (Å²) in [5, 5.41) is 17.4. The number of carbonyl (C=O) groups excluding carboxylic acids is 5. The number of nitrogens with zero attached hydrogens (tertiary/aromatic N) is 7. The fraction of sp³-hybridized carbons (Fsp3) is 0.564. The maximum absolute atomic E-state index is 14.7. The molecule has 5 amide bonds. The number of aromatic nitrogens is 3. The highest BCUT2D eigenvalue weighted by molar-refractivity contribution is 7.99. The van der Waals surface area contributed by atoms with E-state index in [0.717, 1.165) is 79.1 Å². The predicted molar refractivity (Wildman–Crippen MR) is 291 cm³/mol. The SMILES string of the molecule is Cc1ncsc1-c1ccc(CNC(=O)[C@@H]2C[C@@H](O)CN2C(=O)[C@@H](NC(=O)C2(F)CC2)C(C)(C)C)c(OC2CC3(CCN(C(=O)CC(=O)N(C)c4cccc(Sc5cnc(N6CCC(C)(CN)CC6)cn5)c4Cl)CC3)C2)c1. The van der Waals surface area contributed by atoms with Crippen LogP contribution in [0.2, 0.25) is 5.02 Å². The molecule has 9 rings (SSSR count). The van der Waals surface area contributed by atoms with Gasteiger partial charge in [0.05, 0.1) is 51.4 Å². The molecule has 76 heavy (non-hydrogen) atoms. The van der Waals surface area contributed by atoms with Crippen LogP contribution in [0.25, 0.3) is 10.4 Å². The Morgan fingerprint density at radius 1 is 1.01 bits per heavy atom. The van der Waals surface area contributed by atoms with Gasteiger partial charge in [-0.2, -0.15) is 0 Å². The van der Waals surface area contributed by atoms with Crippen molar-refractivity contribution in [1.29, 1.82) is 0 Å². The molecule has 21 heteroatoms. The van der Waals surface area contributed by atoms with Gasteiger partial charge >= 0.3 is 0 Å². The first-order valence-corrected chi connectivity index (χ1v) is 28.4. The smallest absolute Gasteiger partial charge is 0.258 e. The maximum atomic E-state index is 14.7. The van der Waals surface area contributed by atoms with Crippen LogP contribution in [-0.4, -0.2) is 136 Å². The minimum Gasteiger partial charge on any atom is -0.490 e. The molecule has 4 aromatic rings. The number of aliphatic hydroxyl groups excluding tert-OH is 1. The van der Waals surface area contributed by atoms with Gasteiger partial charge in [0, 0.05) is 63.2 Å². The van der Waals surface area contributed by atoms with Crippen LogP contribution in [0.4, 0.5) is 15.9 Å². The number of thiazole rings is 1. The molecule has 408 valence electrons. The number of nitrogens with two attached hydrogens (primary N) is 1. The fourth-order valence-electron chi connectivity index (χ4n) is 10.8. The Hall–Kier alpha value is -5.41. The molecule has 3 saturated heterocycles. The van der Waals surface area contributed by atoms with Gasteiger partial charge in [-0.3, -0.25) is 24.0 Å². The number of anilines is 2. The molecule has 2 aromatic carbocycles. The van der Waals surface area contributed by atoms with E-state index >= 15 is 0 Å². The van der Waals surface area contributed by atoms with E-state index in [9.17, 15) is 33.5 Å². The third-order valence-corrected chi connectivity index (χ3v) is 18.7. The van der Waals surface area contributed by atoms with E-state index in [1.165, 1.54) is 32.9 Å². The van der Waals surface area contributed by atoms with Crippen LogP contribution in [0.1, 0.15) is 103 Å². The highest BCUT2D eigenvalue weighted by atomic mass is 35.5. The number of halogens is 2. The third kappa shape index (κ3) is 12.2. The number of aryl methyl sites for hydroxylation is 1. The largest absolute Gasteiger partial charge is 0.490 e. The molecule has 2 saturated carbocycles. The van der Waals surface area contributed by atoms with Gasteiger partial charge in [-0.25, -0.2) is 19.3 Å². The number of likely N-dealkylation sites (tertiary alicyclic amines) is 2. The molecule has 0 bridgehead atoms. The van der Waals surface area contributed by atoms with Gasteiger partial charge in [-0.05, 0) is 105 Å². The first kappa shape index (κ1) is 55.3. The van der Waals surface area contributed by atoms with Crippen molar-refractivity contribution in [3.05, 3.63) is 70.6 Å². The molecule has 5 fully saturated rings. The number of nitrogens with one attached hydrogen (secondary N) is 2. The molecule has 2 aliphatic carbocycles. The Balaban J connectivity index is 0.778. The topological polar surface area (TPSA) is 217 Å². The van der Waals surface area contributed by atoms with Gasteiger partial charge in [0.2, 0.25) is 23.6 Å². The zero-order valence-corrected chi connectivity index (χ0v) is 46.6. The van der Waals surface area contributed by atoms with Crippen molar-refractivity contribution in [2.24, 2.45) is 22.0 Å². The molecule has 2 aromatic heterocycles. The van der Waals surface area contributed by atoms with E-state index in [4.69, 9.17) is 22.1 Å². The van der Waals surface area contributed by atoms with Crippen molar-refractivity contribution in [3.63, 3.8) is 0 Å². The summed E-state index contributed by atoms with van der Waals surface area (Å²) in [6.45, 7) is 12.9. The average molecular weight is 1100 g/mol. The van der Waals surface area contributed by atoms with E-state index in [1.54, 1.807) is 56.7 Å². The van der Waals surface area contributed by atoms with Crippen LogP contribution in [0.15, 0.2) is 64.2 Å². The molecular weight excluding hydrogens is 1030 g/mol. The molecular formula is C55H70ClFN10O7S2. The van der Waals surface area contributed by atoms with Crippen LogP contribution in [-0.2, 0) is 30.5 Å². The van der Waals surface area contributed by atoms with E-state index in [1.807, 2.05) is 37.3 Å². The zero-order valence-electron chi connectivity index (χ0n) is 44.2. The number of benzene rings is 2. The van der Waals surface area contributed by atoms with E-state index in [2.05, 4.69) is 37.4 Å².